The van der Waals surface area contributed by atoms with Gasteiger partial charge in [0.1, 0.15) is 4.84 Å². The average Bonchev–Trinajstić information content (AvgIpc) is 2.04. The van der Waals surface area contributed by atoms with Gasteiger partial charge < -0.3 is 5.73 Å². The number of benzene rings is 1. The minimum absolute atomic E-state index is 0.576. The molecule has 0 unspecified atom stereocenters. The highest BCUT2D eigenvalue weighted by Gasteiger charge is 2.11. The lowest BCUT2D eigenvalue weighted by Gasteiger charge is -2.10. The van der Waals surface area contributed by atoms with Crippen molar-refractivity contribution in [1.82, 2.24) is 0 Å². The van der Waals surface area contributed by atoms with E-state index in [0.29, 0.717) is 5.70 Å². The van der Waals surface area contributed by atoms with Crippen molar-refractivity contribution in [2.45, 2.75) is 11.8 Å². The molecule has 70 valence electrons. The first-order valence-electron chi connectivity index (χ1n) is 3.92. The molecule has 0 saturated heterocycles. The Balaban J connectivity index is 3.12. The predicted octanol–water partition coefficient (Wildman–Crippen LogP) is 3.18. The number of nitrogens with two attached hydrogens (primary N) is 1. The third-order valence-corrected chi connectivity index (χ3v) is 2.16. The Morgan fingerprint density at radius 1 is 1.23 bits per heavy atom. The summed E-state index contributed by atoms with van der Waals surface area (Å²) >= 11 is 11.6. The van der Waals surface area contributed by atoms with Crippen LogP contribution >= 0.6 is 23.2 Å². The number of allylic oxidation sites excluding steroid dienone is 2. The van der Waals surface area contributed by atoms with Crippen LogP contribution in [-0.2, 0) is 0 Å². The molecule has 3 heteroatoms. The van der Waals surface area contributed by atoms with Crippen molar-refractivity contribution in [3.63, 3.8) is 0 Å². The molecule has 0 saturated carbocycles. The molecule has 0 bridgehead atoms. The van der Waals surface area contributed by atoms with E-state index >= 15 is 0 Å². The summed E-state index contributed by atoms with van der Waals surface area (Å²) < 4.78 is 0. The zero-order chi connectivity index (χ0) is 9.84. The van der Waals surface area contributed by atoms with Gasteiger partial charge >= 0.3 is 0 Å². The van der Waals surface area contributed by atoms with Crippen LogP contribution in [-0.4, -0.2) is 4.84 Å². The van der Waals surface area contributed by atoms with E-state index in [2.05, 4.69) is 0 Å². The summed E-state index contributed by atoms with van der Waals surface area (Å²) in [6, 6.07) is 9.65. The molecule has 1 aromatic rings. The lowest BCUT2D eigenvalue weighted by Crippen LogP contribution is -2.03. The zero-order valence-electron chi connectivity index (χ0n) is 7.30. The molecule has 13 heavy (non-hydrogen) atoms. The maximum absolute atomic E-state index is 5.80. The van der Waals surface area contributed by atoms with Crippen LogP contribution in [0.5, 0.6) is 0 Å². The third kappa shape index (κ3) is 2.64. The van der Waals surface area contributed by atoms with Crippen molar-refractivity contribution in [2.24, 2.45) is 5.73 Å². The highest BCUT2D eigenvalue weighted by molar-refractivity contribution is 6.49. The van der Waals surface area contributed by atoms with Crippen molar-refractivity contribution in [3.8, 4) is 0 Å². The van der Waals surface area contributed by atoms with E-state index in [9.17, 15) is 0 Å². The number of hydrogen-bond donors (Lipinski definition) is 1. The minimum Gasteiger partial charge on any atom is -0.402 e. The fourth-order valence-electron chi connectivity index (χ4n) is 1.14. The summed E-state index contributed by atoms with van der Waals surface area (Å²) in [5, 5.41) is 0. The highest BCUT2D eigenvalue weighted by Crippen LogP contribution is 2.26. The van der Waals surface area contributed by atoms with Crippen LogP contribution in [0.2, 0.25) is 0 Å². The molecule has 0 aliphatic carbocycles. The van der Waals surface area contributed by atoms with Gasteiger partial charge in [0.15, 0.2) is 0 Å². The summed E-state index contributed by atoms with van der Waals surface area (Å²) in [7, 11) is 0. The lowest BCUT2D eigenvalue weighted by atomic mass is 10.1. The number of rotatable bonds is 2. The van der Waals surface area contributed by atoms with Gasteiger partial charge in [0.25, 0.3) is 0 Å². The second kappa shape index (κ2) is 4.54. The third-order valence-electron chi connectivity index (χ3n) is 1.73. The first kappa shape index (κ1) is 10.4. The predicted molar refractivity (Wildman–Crippen MR) is 58.7 cm³/mol. The van der Waals surface area contributed by atoms with Crippen LogP contribution < -0.4 is 5.73 Å². The number of halogens is 2. The Bertz CT molecular complexity index is 300. The Morgan fingerprint density at radius 2 is 1.77 bits per heavy atom. The summed E-state index contributed by atoms with van der Waals surface area (Å²) in [5.74, 6) is 0. The van der Waals surface area contributed by atoms with Crippen LogP contribution in [0.15, 0.2) is 36.0 Å². The molecule has 0 radical (unpaired) electrons. The standard InChI is InChI=1S/C10H11Cl2N/c1-7(13)9(10(11)12)8-5-3-2-4-6-8/h2-6,10H,13H2,1H3. The summed E-state index contributed by atoms with van der Waals surface area (Å²) in [6.45, 7) is 1.79. The van der Waals surface area contributed by atoms with Gasteiger partial charge in [-0.05, 0) is 12.5 Å². The molecule has 0 heterocycles. The van der Waals surface area contributed by atoms with Gasteiger partial charge in [0.05, 0.1) is 0 Å². The molecule has 1 aromatic carbocycles. The number of hydrogen-bond acceptors (Lipinski definition) is 1. The summed E-state index contributed by atoms with van der Waals surface area (Å²) in [5.41, 5.74) is 8.09. The van der Waals surface area contributed by atoms with Crippen LogP contribution in [0.3, 0.4) is 0 Å². The van der Waals surface area contributed by atoms with Gasteiger partial charge in [0, 0.05) is 11.3 Å². The van der Waals surface area contributed by atoms with Gasteiger partial charge in [-0.1, -0.05) is 53.5 Å². The molecular formula is C10H11Cl2N. The van der Waals surface area contributed by atoms with Crippen molar-refractivity contribution >= 4 is 28.8 Å². The molecule has 0 atom stereocenters. The van der Waals surface area contributed by atoms with Gasteiger partial charge in [-0.15, -0.1) is 0 Å². The van der Waals surface area contributed by atoms with Crippen molar-refractivity contribution in [2.75, 3.05) is 0 Å². The molecule has 2 N–H and O–H groups in total. The molecule has 0 fully saturated rings. The van der Waals surface area contributed by atoms with Gasteiger partial charge in [0.2, 0.25) is 0 Å². The first-order chi connectivity index (χ1) is 6.13. The molecule has 1 nitrogen and oxygen atoms in total. The van der Waals surface area contributed by atoms with Crippen LogP contribution in [0, 0.1) is 0 Å². The van der Waals surface area contributed by atoms with Crippen LogP contribution in [0.25, 0.3) is 5.57 Å². The Morgan fingerprint density at radius 3 is 2.15 bits per heavy atom. The molecule has 1 rings (SSSR count). The van der Waals surface area contributed by atoms with E-state index in [1.165, 1.54) is 0 Å². The molecule has 0 aromatic heterocycles. The minimum atomic E-state index is -0.576. The Labute approximate surface area is 88.1 Å². The monoisotopic (exact) mass is 215 g/mol. The first-order valence-corrected chi connectivity index (χ1v) is 4.80. The second-order valence-electron chi connectivity index (χ2n) is 2.76. The Hall–Kier alpha value is -0.660. The van der Waals surface area contributed by atoms with Crippen molar-refractivity contribution in [1.29, 1.82) is 0 Å². The molecule has 0 aliphatic rings. The molecular weight excluding hydrogens is 205 g/mol. The molecule has 0 aliphatic heterocycles. The quantitative estimate of drug-likeness (QED) is 0.755. The van der Waals surface area contributed by atoms with E-state index < -0.39 is 4.84 Å². The molecule has 0 amide bonds. The van der Waals surface area contributed by atoms with E-state index in [1.807, 2.05) is 30.3 Å². The van der Waals surface area contributed by atoms with E-state index in [0.717, 1.165) is 11.1 Å². The van der Waals surface area contributed by atoms with Crippen molar-refractivity contribution < 1.29 is 0 Å². The normalized spacial score (nSPS) is 12.9. The zero-order valence-corrected chi connectivity index (χ0v) is 8.81. The van der Waals surface area contributed by atoms with Gasteiger partial charge in [-0.3, -0.25) is 0 Å². The maximum atomic E-state index is 5.80. The smallest absolute Gasteiger partial charge is 0.135 e. The van der Waals surface area contributed by atoms with Gasteiger partial charge in [-0.2, -0.15) is 0 Å². The Kier molecular flexibility index (Phi) is 3.64. The maximum Gasteiger partial charge on any atom is 0.135 e. The average molecular weight is 216 g/mol. The number of alkyl halides is 2. The van der Waals surface area contributed by atoms with Gasteiger partial charge in [-0.25, -0.2) is 0 Å². The highest BCUT2D eigenvalue weighted by atomic mass is 35.5. The largest absolute Gasteiger partial charge is 0.402 e. The fourth-order valence-corrected chi connectivity index (χ4v) is 1.74. The van der Waals surface area contributed by atoms with E-state index in [1.54, 1.807) is 6.92 Å². The second-order valence-corrected chi connectivity index (χ2v) is 3.86. The topological polar surface area (TPSA) is 26.0 Å². The SMILES string of the molecule is CC(N)=C(c1ccccc1)C(Cl)Cl. The van der Waals surface area contributed by atoms with Crippen molar-refractivity contribution in [3.05, 3.63) is 41.6 Å². The van der Waals surface area contributed by atoms with E-state index in [-0.39, 0.29) is 0 Å². The lowest BCUT2D eigenvalue weighted by molar-refractivity contribution is 1.29. The molecule has 0 spiro atoms. The van der Waals surface area contributed by atoms with E-state index in [4.69, 9.17) is 28.9 Å². The van der Waals surface area contributed by atoms with Crippen LogP contribution in [0.1, 0.15) is 12.5 Å². The fraction of sp³-hybridized carbons (Fsp3) is 0.200. The summed E-state index contributed by atoms with van der Waals surface area (Å²) in [4.78, 5) is -0.576. The summed E-state index contributed by atoms with van der Waals surface area (Å²) in [6.07, 6.45) is 0. The van der Waals surface area contributed by atoms with Crippen LogP contribution in [0.4, 0.5) is 0 Å².